The molecule has 0 fully saturated rings. The summed E-state index contributed by atoms with van der Waals surface area (Å²) in [6.45, 7) is 6.65. The highest BCUT2D eigenvalue weighted by Crippen LogP contribution is 2.29. The topological polar surface area (TPSA) is 86.8 Å². The Morgan fingerprint density at radius 2 is 1.43 bits per heavy atom. The van der Waals surface area contributed by atoms with Crippen molar-refractivity contribution in [3.8, 4) is 0 Å². The van der Waals surface area contributed by atoms with Crippen LogP contribution in [0.25, 0.3) is 0 Å². The van der Waals surface area contributed by atoms with Gasteiger partial charge in [-0.15, -0.1) is 0 Å². The van der Waals surface area contributed by atoms with Crippen LogP contribution in [0.15, 0.2) is 66.7 Å². The van der Waals surface area contributed by atoms with Gasteiger partial charge in [0.1, 0.15) is 12.6 Å². The molecule has 0 saturated carbocycles. The van der Waals surface area contributed by atoms with Gasteiger partial charge in [0.05, 0.1) is 11.9 Å². The van der Waals surface area contributed by atoms with Crippen LogP contribution in [0.3, 0.4) is 0 Å². The number of nitrogens with one attached hydrogen (secondary N) is 1. The first-order valence-electron chi connectivity index (χ1n) is 12.9. The number of rotatable bonds is 11. The van der Waals surface area contributed by atoms with Gasteiger partial charge in [-0.25, -0.2) is 8.42 Å². The van der Waals surface area contributed by atoms with Crippen LogP contribution in [0.1, 0.15) is 36.1 Å². The van der Waals surface area contributed by atoms with Gasteiger partial charge in [-0.3, -0.25) is 13.9 Å². The lowest BCUT2D eigenvalue weighted by molar-refractivity contribution is -0.140. The summed E-state index contributed by atoms with van der Waals surface area (Å²) >= 11 is 13.0. The number of benzene rings is 3. The van der Waals surface area contributed by atoms with Crippen molar-refractivity contribution >= 4 is 50.7 Å². The first-order valence-corrected chi connectivity index (χ1v) is 15.5. The molecule has 214 valence electrons. The van der Waals surface area contributed by atoms with Gasteiger partial charge in [-0.2, -0.15) is 0 Å². The van der Waals surface area contributed by atoms with Crippen molar-refractivity contribution in [2.24, 2.45) is 0 Å². The molecule has 0 aliphatic heterocycles. The fourth-order valence-corrected chi connectivity index (χ4v) is 6.04. The maximum atomic E-state index is 14.2. The fourth-order valence-electron chi connectivity index (χ4n) is 4.56. The molecule has 0 radical (unpaired) electrons. The molecule has 1 atom stereocenters. The summed E-state index contributed by atoms with van der Waals surface area (Å²) < 4.78 is 27.2. The molecule has 0 saturated heterocycles. The van der Waals surface area contributed by atoms with Crippen molar-refractivity contribution in [3.63, 3.8) is 0 Å². The van der Waals surface area contributed by atoms with Crippen LogP contribution in [0.2, 0.25) is 10.0 Å². The molecule has 10 heteroatoms. The lowest BCUT2D eigenvalue weighted by atomic mass is 10.0. The van der Waals surface area contributed by atoms with Crippen molar-refractivity contribution in [3.05, 3.63) is 99.0 Å². The third-order valence-corrected chi connectivity index (χ3v) is 8.28. The molecule has 40 heavy (non-hydrogen) atoms. The van der Waals surface area contributed by atoms with Crippen molar-refractivity contribution in [1.29, 1.82) is 0 Å². The van der Waals surface area contributed by atoms with E-state index >= 15 is 0 Å². The Bertz CT molecular complexity index is 1420. The van der Waals surface area contributed by atoms with Crippen LogP contribution >= 0.6 is 23.2 Å². The van der Waals surface area contributed by atoms with E-state index in [9.17, 15) is 18.0 Å². The first-order chi connectivity index (χ1) is 18.8. The van der Waals surface area contributed by atoms with Gasteiger partial charge >= 0.3 is 0 Å². The molecule has 2 amide bonds. The normalized spacial score (nSPS) is 12.2. The number of amides is 2. The van der Waals surface area contributed by atoms with Gasteiger partial charge in [-0.1, -0.05) is 77.8 Å². The standard InChI is InChI=1S/C30H35Cl2N3O4S/c1-20(2)33-30(37)27(17-23-13-7-6-8-14-23)34(18-24-25(31)15-10-16-26(24)32)28(36)19-35(40(5,38)39)29-21(3)11-9-12-22(29)4/h6-16,20,27H,17-19H2,1-5H3,(H,33,37)/t27-/m1/s1. The highest BCUT2D eigenvalue weighted by molar-refractivity contribution is 7.92. The zero-order valence-corrected chi connectivity index (χ0v) is 25.6. The summed E-state index contributed by atoms with van der Waals surface area (Å²) in [7, 11) is -3.87. The average Bonchev–Trinajstić information content (AvgIpc) is 2.86. The molecule has 0 spiro atoms. The Hall–Kier alpha value is -3.07. The predicted molar refractivity (Wildman–Crippen MR) is 162 cm³/mol. The number of hydrogen-bond acceptors (Lipinski definition) is 4. The van der Waals surface area contributed by atoms with E-state index in [1.54, 1.807) is 44.2 Å². The van der Waals surface area contributed by atoms with Gasteiger partial charge in [0.2, 0.25) is 21.8 Å². The van der Waals surface area contributed by atoms with Crippen molar-refractivity contribution in [2.45, 2.75) is 52.7 Å². The Kier molecular flexibility index (Phi) is 10.6. The number of para-hydroxylation sites is 1. The minimum Gasteiger partial charge on any atom is -0.352 e. The van der Waals surface area contributed by atoms with Gasteiger partial charge in [0, 0.05) is 34.6 Å². The molecule has 0 heterocycles. The molecule has 3 aromatic rings. The van der Waals surface area contributed by atoms with Crippen molar-refractivity contribution < 1.29 is 18.0 Å². The average molecular weight is 605 g/mol. The number of anilines is 1. The van der Waals surface area contributed by atoms with Gasteiger partial charge in [-0.05, 0) is 56.5 Å². The molecule has 0 aromatic heterocycles. The molecule has 0 bridgehead atoms. The highest BCUT2D eigenvalue weighted by Gasteiger charge is 2.34. The van der Waals surface area contributed by atoms with E-state index in [1.807, 2.05) is 50.2 Å². The van der Waals surface area contributed by atoms with E-state index in [0.717, 1.165) is 16.1 Å². The molecule has 0 aliphatic carbocycles. The Balaban J connectivity index is 2.14. The summed E-state index contributed by atoms with van der Waals surface area (Å²) in [5.41, 5.74) is 3.15. The van der Waals surface area contributed by atoms with E-state index in [4.69, 9.17) is 23.2 Å². The van der Waals surface area contributed by atoms with Gasteiger partial charge in [0.25, 0.3) is 0 Å². The van der Waals surface area contributed by atoms with E-state index in [0.29, 0.717) is 32.4 Å². The molecule has 0 unspecified atom stereocenters. The minimum absolute atomic E-state index is 0.0925. The first kappa shape index (κ1) is 31.5. The van der Waals surface area contributed by atoms with E-state index in [1.165, 1.54) is 4.90 Å². The molecular formula is C30H35Cl2N3O4S. The largest absolute Gasteiger partial charge is 0.352 e. The second-order valence-electron chi connectivity index (χ2n) is 10.1. The number of nitrogens with zero attached hydrogens (tertiary/aromatic N) is 2. The zero-order valence-electron chi connectivity index (χ0n) is 23.3. The predicted octanol–water partition coefficient (Wildman–Crippen LogP) is 5.54. The van der Waals surface area contributed by atoms with Crippen LogP contribution in [0.4, 0.5) is 5.69 Å². The second kappa shape index (κ2) is 13.5. The summed E-state index contributed by atoms with van der Waals surface area (Å²) in [6, 6.07) is 18.6. The smallest absolute Gasteiger partial charge is 0.244 e. The molecule has 1 N–H and O–H groups in total. The van der Waals surface area contributed by atoms with Gasteiger partial charge < -0.3 is 10.2 Å². The van der Waals surface area contributed by atoms with Crippen LogP contribution in [0, 0.1) is 13.8 Å². The van der Waals surface area contributed by atoms with Crippen LogP contribution in [0.5, 0.6) is 0 Å². The van der Waals surface area contributed by atoms with Gasteiger partial charge in [0.15, 0.2) is 0 Å². The van der Waals surface area contributed by atoms with Crippen LogP contribution < -0.4 is 9.62 Å². The summed E-state index contributed by atoms with van der Waals surface area (Å²) in [6.07, 6.45) is 1.27. The van der Waals surface area contributed by atoms with Crippen molar-refractivity contribution in [1.82, 2.24) is 10.2 Å². The number of sulfonamides is 1. The monoisotopic (exact) mass is 603 g/mol. The Labute approximate surface area is 247 Å². The van der Waals surface area contributed by atoms with Crippen LogP contribution in [-0.4, -0.2) is 50.0 Å². The number of aryl methyl sites for hydroxylation is 2. The van der Waals surface area contributed by atoms with E-state index in [2.05, 4.69) is 5.32 Å². The Morgan fingerprint density at radius 3 is 1.95 bits per heavy atom. The quantitative estimate of drug-likeness (QED) is 0.312. The highest BCUT2D eigenvalue weighted by atomic mass is 35.5. The molecule has 3 aromatic carbocycles. The number of halogens is 2. The number of hydrogen-bond donors (Lipinski definition) is 1. The molecule has 3 rings (SSSR count). The maximum Gasteiger partial charge on any atom is 0.244 e. The molecular weight excluding hydrogens is 569 g/mol. The van der Waals surface area contributed by atoms with Crippen LogP contribution in [-0.2, 0) is 32.6 Å². The zero-order chi connectivity index (χ0) is 29.6. The lowest BCUT2D eigenvalue weighted by Crippen LogP contribution is -2.54. The second-order valence-corrected chi connectivity index (χ2v) is 12.8. The molecule has 7 nitrogen and oxygen atoms in total. The summed E-state index contributed by atoms with van der Waals surface area (Å²) in [5.74, 6) is -0.933. The SMILES string of the molecule is Cc1cccc(C)c1N(CC(=O)N(Cc1c(Cl)cccc1Cl)[C@H](Cc1ccccc1)C(=O)NC(C)C)S(C)(=O)=O. The maximum absolute atomic E-state index is 14.2. The third-order valence-electron chi connectivity index (χ3n) is 6.46. The third kappa shape index (κ3) is 7.99. The molecule has 0 aliphatic rings. The van der Waals surface area contributed by atoms with E-state index in [-0.39, 0.29) is 24.9 Å². The summed E-state index contributed by atoms with van der Waals surface area (Å²) in [4.78, 5) is 29.2. The Morgan fingerprint density at radius 1 is 0.875 bits per heavy atom. The minimum atomic E-state index is -3.87. The van der Waals surface area contributed by atoms with E-state index < -0.39 is 28.5 Å². The lowest BCUT2D eigenvalue weighted by Gasteiger charge is -2.34. The summed E-state index contributed by atoms with van der Waals surface area (Å²) in [5, 5.41) is 3.59. The fraction of sp³-hybridized carbons (Fsp3) is 0.333. The number of carbonyl (C=O) groups is 2. The van der Waals surface area contributed by atoms with Crippen molar-refractivity contribution in [2.75, 3.05) is 17.1 Å². The number of carbonyl (C=O) groups excluding carboxylic acids is 2.